The number of aryl methyl sites for hydroxylation is 1. The lowest BCUT2D eigenvalue weighted by Crippen LogP contribution is -2.27. The quantitative estimate of drug-likeness (QED) is 0.696. The van der Waals surface area contributed by atoms with E-state index in [1.165, 1.54) is 0 Å². The van der Waals surface area contributed by atoms with Gasteiger partial charge in [-0.05, 0) is 37.6 Å². The standard InChI is InChI=1S/C20H20ClN3O/c1-14-19(20(25)23(3)13-16-8-5-4-6-9-16)15(2)24(22-14)18-11-7-10-17(21)12-18/h4-12H,13H2,1-3H3. The van der Waals surface area contributed by atoms with Crippen LogP contribution in [0.25, 0.3) is 5.69 Å². The lowest BCUT2D eigenvalue weighted by molar-refractivity contribution is 0.0783. The summed E-state index contributed by atoms with van der Waals surface area (Å²) < 4.78 is 1.77. The number of aromatic nitrogens is 2. The third-order valence-electron chi connectivity index (χ3n) is 4.17. The van der Waals surface area contributed by atoms with E-state index in [0.29, 0.717) is 22.8 Å². The first kappa shape index (κ1) is 17.2. The van der Waals surface area contributed by atoms with Crippen molar-refractivity contribution in [3.8, 4) is 5.69 Å². The zero-order valence-corrected chi connectivity index (χ0v) is 15.3. The molecule has 128 valence electrons. The Morgan fingerprint density at radius 3 is 2.52 bits per heavy atom. The molecule has 0 unspecified atom stereocenters. The summed E-state index contributed by atoms with van der Waals surface area (Å²) in [5.74, 6) is -0.0351. The smallest absolute Gasteiger partial charge is 0.257 e. The molecule has 2 aromatic carbocycles. The largest absolute Gasteiger partial charge is 0.337 e. The SMILES string of the molecule is Cc1nn(-c2cccc(Cl)c2)c(C)c1C(=O)N(C)Cc1ccccc1. The van der Waals surface area contributed by atoms with Gasteiger partial charge < -0.3 is 4.90 Å². The summed E-state index contributed by atoms with van der Waals surface area (Å²) in [7, 11) is 1.81. The molecule has 3 aromatic rings. The molecule has 0 bridgehead atoms. The second-order valence-corrected chi connectivity index (χ2v) is 6.52. The predicted molar refractivity (Wildman–Crippen MR) is 100 cm³/mol. The van der Waals surface area contributed by atoms with Gasteiger partial charge in [0.1, 0.15) is 0 Å². The number of hydrogen-bond acceptors (Lipinski definition) is 2. The molecule has 1 aromatic heterocycles. The van der Waals surface area contributed by atoms with Crippen LogP contribution in [0.3, 0.4) is 0 Å². The molecule has 1 heterocycles. The van der Waals surface area contributed by atoms with E-state index >= 15 is 0 Å². The van der Waals surface area contributed by atoms with Crippen LogP contribution in [0.2, 0.25) is 5.02 Å². The van der Waals surface area contributed by atoms with Crippen LogP contribution in [0.5, 0.6) is 0 Å². The second kappa shape index (κ2) is 7.11. The minimum atomic E-state index is -0.0351. The first-order chi connectivity index (χ1) is 12.0. The lowest BCUT2D eigenvalue weighted by atomic mass is 10.1. The highest BCUT2D eigenvalue weighted by Crippen LogP contribution is 2.22. The highest BCUT2D eigenvalue weighted by molar-refractivity contribution is 6.30. The maximum atomic E-state index is 12.9. The number of hydrogen-bond donors (Lipinski definition) is 0. The Morgan fingerprint density at radius 2 is 1.84 bits per heavy atom. The minimum Gasteiger partial charge on any atom is -0.337 e. The number of carbonyl (C=O) groups excluding carboxylic acids is 1. The van der Waals surface area contributed by atoms with Crippen LogP contribution < -0.4 is 0 Å². The van der Waals surface area contributed by atoms with Crippen LogP contribution in [0.4, 0.5) is 0 Å². The van der Waals surface area contributed by atoms with Crippen molar-refractivity contribution in [3.63, 3.8) is 0 Å². The molecular formula is C20H20ClN3O. The molecule has 0 radical (unpaired) electrons. The summed E-state index contributed by atoms with van der Waals surface area (Å²) >= 11 is 6.08. The summed E-state index contributed by atoms with van der Waals surface area (Å²) in [4.78, 5) is 14.7. The van der Waals surface area contributed by atoms with Gasteiger partial charge in [0, 0.05) is 18.6 Å². The molecule has 0 saturated carbocycles. The Bertz CT molecular complexity index is 903. The van der Waals surface area contributed by atoms with E-state index in [0.717, 1.165) is 16.9 Å². The van der Waals surface area contributed by atoms with Gasteiger partial charge in [-0.2, -0.15) is 5.10 Å². The first-order valence-corrected chi connectivity index (χ1v) is 8.46. The van der Waals surface area contributed by atoms with E-state index in [4.69, 9.17) is 11.6 Å². The Labute approximate surface area is 152 Å². The van der Waals surface area contributed by atoms with E-state index in [9.17, 15) is 4.79 Å². The fraction of sp³-hybridized carbons (Fsp3) is 0.200. The molecule has 0 saturated heterocycles. The maximum absolute atomic E-state index is 12.9. The van der Waals surface area contributed by atoms with Crippen LogP contribution in [-0.4, -0.2) is 27.6 Å². The zero-order valence-electron chi connectivity index (χ0n) is 14.5. The molecule has 5 heteroatoms. The summed E-state index contributed by atoms with van der Waals surface area (Å²) in [6.45, 7) is 4.32. The Morgan fingerprint density at radius 1 is 1.12 bits per heavy atom. The number of nitrogens with zero attached hydrogens (tertiary/aromatic N) is 3. The monoisotopic (exact) mass is 353 g/mol. The zero-order chi connectivity index (χ0) is 18.0. The molecule has 0 spiro atoms. The second-order valence-electron chi connectivity index (χ2n) is 6.08. The van der Waals surface area contributed by atoms with Crippen molar-refractivity contribution in [2.45, 2.75) is 20.4 Å². The fourth-order valence-electron chi connectivity index (χ4n) is 2.93. The third-order valence-corrected chi connectivity index (χ3v) is 4.40. The van der Waals surface area contributed by atoms with Crippen LogP contribution in [0, 0.1) is 13.8 Å². The van der Waals surface area contributed by atoms with Crippen molar-refractivity contribution >= 4 is 17.5 Å². The molecule has 0 N–H and O–H groups in total. The van der Waals surface area contributed by atoms with Crippen LogP contribution >= 0.6 is 11.6 Å². The number of rotatable bonds is 4. The molecule has 0 aliphatic rings. The van der Waals surface area contributed by atoms with E-state index in [-0.39, 0.29) is 5.91 Å². The normalized spacial score (nSPS) is 10.7. The van der Waals surface area contributed by atoms with Crippen LogP contribution in [0.1, 0.15) is 27.3 Å². The number of amides is 1. The van der Waals surface area contributed by atoms with Gasteiger partial charge in [-0.15, -0.1) is 0 Å². The van der Waals surface area contributed by atoms with Gasteiger partial charge in [-0.1, -0.05) is 48.0 Å². The van der Waals surface area contributed by atoms with Crippen molar-refractivity contribution in [2.24, 2.45) is 0 Å². The van der Waals surface area contributed by atoms with Crippen molar-refractivity contribution in [1.82, 2.24) is 14.7 Å². The van der Waals surface area contributed by atoms with Crippen LogP contribution in [-0.2, 0) is 6.54 Å². The molecule has 0 fully saturated rings. The molecule has 0 aliphatic carbocycles. The molecular weight excluding hydrogens is 334 g/mol. The van der Waals surface area contributed by atoms with E-state index in [1.807, 2.05) is 75.5 Å². The van der Waals surface area contributed by atoms with Gasteiger partial charge in [0.25, 0.3) is 5.91 Å². The Balaban J connectivity index is 1.91. The van der Waals surface area contributed by atoms with Crippen molar-refractivity contribution in [3.05, 3.63) is 82.1 Å². The average molecular weight is 354 g/mol. The first-order valence-electron chi connectivity index (χ1n) is 8.09. The van der Waals surface area contributed by atoms with Crippen molar-refractivity contribution in [2.75, 3.05) is 7.05 Å². The maximum Gasteiger partial charge on any atom is 0.257 e. The highest BCUT2D eigenvalue weighted by atomic mass is 35.5. The molecule has 1 amide bonds. The van der Waals surface area contributed by atoms with Crippen LogP contribution in [0.15, 0.2) is 54.6 Å². The predicted octanol–water partition coefficient (Wildman–Crippen LogP) is 4.41. The van der Waals surface area contributed by atoms with E-state index < -0.39 is 0 Å². The molecule has 0 aliphatic heterocycles. The summed E-state index contributed by atoms with van der Waals surface area (Å²) in [6.07, 6.45) is 0. The van der Waals surface area contributed by atoms with Crippen molar-refractivity contribution < 1.29 is 4.79 Å². The van der Waals surface area contributed by atoms with Gasteiger partial charge in [0.05, 0.1) is 22.6 Å². The van der Waals surface area contributed by atoms with Crippen molar-refractivity contribution in [1.29, 1.82) is 0 Å². The fourth-order valence-corrected chi connectivity index (χ4v) is 3.12. The molecule has 3 rings (SSSR count). The highest BCUT2D eigenvalue weighted by Gasteiger charge is 2.22. The van der Waals surface area contributed by atoms with Gasteiger partial charge in [-0.25, -0.2) is 4.68 Å². The number of halogens is 1. The van der Waals surface area contributed by atoms with E-state index in [1.54, 1.807) is 9.58 Å². The van der Waals surface area contributed by atoms with Gasteiger partial charge in [-0.3, -0.25) is 4.79 Å². The number of carbonyl (C=O) groups is 1. The Kier molecular flexibility index (Phi) is 4.91. The van der Waals surface area contributed by atoms with Gasteiger partial charge in [0.15, 0.2) is 0 Å². The number of benzene rings is 2. The molecule has 0 atom stereocenters. The van der Waals surface area contributed by atoms with Gasteiger partial charge in [0.2, 0.25) is 0 Å². The summed E-state index contributed by atoms with van der Waals surface area (Å²) in [5, 5.41) is 5.18. The minimum absolute atomic E-state index is 0.0351. The molecule has 25 heavy (non-hydrogen) atoms. The lowest BCUT2D eigenvalue weighted by Gasteiger charge is -2.17. The third kappa shape index (κ3) is 3.59. The average Bonchev–Trinajstić information content (AvgIpc) is 2.89. The van der Waals surface area contributed by atoms with E-state index in [2.05, 4.69) is 5.10 Å². The summed E-state index contributed by atoms with van der Waals surface area (Å²) in [6, 6.07) is 17.4. The summed E-state index contributed by atoms with van der Waals surface area (Å²) in [5.41, 5.74) is 4.10. The van der Waals surface area contributed by atoms with Gasteiger partial charge >= 0.3 is 0 Å². The molecule has 4 nitrogen and oxygen atoms in total. The Hall–Kier alpha value is -2.59. The topological polar surface area (TPSA) is 38.1 Å².